The lowest BCUT2D eigenvalue weighted by atomic mass is 10.1. The van der Waals surface area contributed by atoms with E-state index in [0.717, 1.165) is 12.0 Å². The largest absolute Gasteiger partial charge is 0.350 e. The Balaban J connectivity index is 2.07. The van der Waals surface area contributed by atoms with Gasteiger partial charge in [0.2, 0.25) is 23.6 Å². The number of nitrogens with zero attached hydrogens (tertiary/aromatic N) is 1. The maximum atomic E-state index is 13.4. The molecule has 0 saturated carbocycles. The number of hydrogen-bond acceptors (Lipinski definition) is 5. The van der Waals surface area contributed by atoms with Gasteiger partial charge in [-0.2, -0.15) is 0 Å². The van der Waals surface area contributed by atoms with Gasteiger partial charge in [-0.05, 0) is 63.9 Å². The number of carbonyl (C=O) groups excluding carboxylic acids is 4. The average Bonchev–Trinajstić information content (AvgIpc) is 3.22. The molecule has 0 unspecified atom stereocenters. The Morgan fingerprint density at radius 2 is 1.97 bits per heavy atom. The van der Waals surface area contributed by atoms with E-state index in [1.165, 1.54) is 6.08 Å². The van der Waals surface area contributed by atoms with Gasteiger partial charge < -0.3 is 26.2 Å². The highest BCUT2D eigenvalue weighted by molar-refractivity contribution is 5.99. The fourth-order valence-corrected chi connectivity index (χ4v) is 4.03. The molecule has 0 radical (unpaired) electrons. The summed E-state index contributed by atoms with van der Waals surface area (Å²) in [4.78, 5) is 52.0. The first-order valence-corrected chi connectivity index (χ1v) is 11.8. The zero-order valence-corrected chi connectivity index (χ0v) is 20.5. The van der Waals surface area contributed by atoms with E-state index >= 15 is 0 Å². The molecule has 0 aliphatic carbocycles. The van der Waals surface area contributed by atoms with Crippen molar-refractivity contribution in [3.05, 3.63) is 42.5 Å². The van der Waals surface area contributed by atoms with Crippen molar-refractivity contribution >= 4 is 29.3 Å². The molecule has 9 nitrogen and oxygen atoms in total. The molecule has 1 fully saturated rings. The monoisotopic (exact) mass is 471 g/mol. The van der Waals surface area contributed by atoms with Crippen LogP contribution in [-0.4, -0.2) is 59.7 Å². The van der Waals surface area contributed by atoms with Gasteiger partial charge in [0.05, 0.1) is 6.04 Å². The summed E-state index contributed by atoms with van der Waals surface area (Å²) in [7, 11) is 1.69. The Kier molecular flexibility index (Phi) is 10.2. The Labute approximate surface area is 201 Å². The van der Waals surface area contributed by atoms with Crippen LogP contribution in [0.3, 0.4) is 0 Å². The van der Waals surface area contributed by atoms with Gasteiger partial charge in [0, 0.05) is 18.3 Å². The quantitative estimate of drug-likeness (QED) is 0.366. The summed E-state index contributed by atoms with van der Waals surface area (Å²) in [6.07, 6.45) is 3.69. The normalized spacial score (nSPS) is 19.1. The van der Waals surface area contributed by atoms with Gasteiger partial charge in [0.1, 0.15) is 12.1 Å². The van der Waals surface area contributed by atoms with Crippen LogP contribution in [0.4, 0.5) is 5.69 Å². The second-order valence-electron chi connectivity index (χ2n) is 8.66. The Hall–Kier alpha value is -3.20. The van der Waals surface area contributed by atoms with Crippen molar-refractivity contribution < 1.29 is 19.2 Å². The summed E-state index contributed by atoms with van der Waals surface area (Å²) in [5, 5.41) is 11.3. The minimum absolute atomic E-state index is 0.0984. The minimum atomic E-state index is -0.672. The van der Waals surface area contributed by atoms with Gasteiger partial charge in [-0.25, -0.2) is 0 Å². The maximum absolute atomic E-state index is 13.4. The fraction of sp³-hybridized carbons (Fsp3) is 0.520. The van der Waals surface area contributed by atoms with Crippen molar-refractivity contribution in [3.8, 4) is 0 Å². The van der Waals surface area contributed by atoms with Crippen LogP contribution >= 0.6 is 0 Å². The minimum Gasteiger partial charge on any atom is -0.350 e. The van der Waals surface area contributed by atoms with Gasteiger partial charge in [0.15, 0.2) is 0 Å². The van der Waals surface area contributed by atoms with E-state index in [-0.39, 0.29) is 36.2 Å². The molecule has 4 atom stereocenters. The zero-order valence-electron chi connectivity index (χ0n) is 20.5. The number of likely N-dealkylation sites (tertiary alicyclic amines) is 1. The highest BCUT2D eigenvalue weighted by Crippen LogP contribution is 2.26. The lowest BCUT2D eigenvalue weighted by Crippen LogP contribution is -2.56. The van der Waals surface area contributed by atoms with Crippen LogP contribution in [0, 0.1) is 0 Å². The predicted molar refractivity (Wildman–Crippen MR) is 132 cm³/mol. The van der Waals surface area contributed by atoms with Crippen molar-refractivity contribution in [3.63, 3.8) is 0 Å². The lowest BCUT2D eigenvalue weighted by molar-refractivity contribution is -0.143. The SMILES string of the molecule is C=CC(=O)Nc1cccc(CNC(=O)[C@@H]2CC[C@H](C)N2C(=O)[C@H](CCC)NC(=O)[C@H](C)NC)c1. The summed E-state index contributed by atoms with van der Waals surface area (Å²) >= 11 is 0. The van der Waals surface area contributed by atoms with E-state index in [2.05, 4.69) is 27.8 Å². The molecule has 2 rings (SSSR count). The number of hydrogen-bond donors (Lipinski definition) is 4. The number of amides is 4. The molecule has 0 spiro atoms. The van der Waals surface area contributed by atoms with Gasteiger partial charge in [-0.15, -0.1) is 0 Å². The van der Waals surface area contributed by atoms with Crippen LogP contribution in [0.15, 0.2) is 36.9 Å². The highest BCUT2D eigenvalue weighted by atomic mass is 16.2. The van der Waals surface area contributed by atoms with Crippen LogP contribution in [0.2, 0.25) is 0 Å². The maximum Gasteiger partial charge on any atom is 0.247 e. The number of anilines is 1. The van der Waals surface area contributed by atoms with E-state index in [4.69, 9.17) is 0 Å². The van der Waals surface area contributed by atoms with E-state index in [0.29, 0.717) is 24.9 Å². The van der Waals surface area contributed by atoms with E-state index in [1.54, 1.807) is 37.1 Å². The molecule has 0 bridgehead atoms. The standard InChI is InChI=1S/C25H37N5O4/c1-6-9-20(29-23(32)17(4)26-5)25(34)30-16(3)12-13-21(30)24(33)27-15-18-10-8-11-19(14-18)28-22(31)7-2/h7-8,10-11,14,16-17,20-21,26H,2,6,9,12-13,15H2,1,3-5H3,(H,27,33)(H,28,31)(H,29,32)/t16-,17-,20-,21-/m0/s1. The Morgan fingerprint density at radius 3 is 2.62 bits per heavy atom. The number of rotatable bonds is 11. The molecular formula is C25H37N5O4. The van der Waals surface area contributed by atoms with Crippen molar-refractivity contribution in [2.24, 2.45) is 0 Å². The molecule has 1 aromatic carbocycles. The third-order valence-corrected chi connectivity index (χ3v) is 6.09. The van der Waals surface area contributed by atoms with Gasteiger partial charge in [-0.3, -0.25) is 19.2 Å². The van der Waals surface area contributed by atoms with Crippen molar-refractivity contribution in [1.29, 1.82) is 0 Å². The first-order chi connectivity index (χ1) is 16.2. The molecule has 34 heavy (non-hydrogen) atoms. The van der Waals surface area contributed by atoms with Gasteiger partial charge in [-0.1, -0.05) is 32.1 Å². The number of nitrogens with one attached hydrogen (secondary N) is 4. The van der Waals surface area contributed by atoms with E-state index < -0.39 is 18.1 Å². The number of likely N-dealkylation sites (N-methyl/N-ethyl adjacent to an activating group) is 1. The molecule has 0 aromatic heterocycles. The molecule has 1 saturated heterocycles. The second-order valence-corrected chi connectivity index (χ2v) is 8.66. The molecule has 4 N–H and O–H groups in total. The zero-order chi connectivity index (χ0) is 25.3. The highest BCUT2D eigenvalue weighted by Gasteiger charge is 2.41. The second kappa shape index (κ2) is 12.9. The predicted octanol–water partition coefficient (Wildman–Crippen LogP) is 1.70. The Morgan fingerprint density at radius 1 is 1.24 bits per heavy atom. The van der Waals surface area contributed by atoms with Crippen LogP contribution in [0.1, 0.15) is 52.0 Å². The molecule has 1 aromatic rings. The van der Waals surface area contributed by atoms with Gasteiger partial charge >= 0.3 is 0 Å². The van der Waals surface area contributed by atoms with Crippen LogP contribution < -0.4 is 21.3 Å². The van der Waals surface area contributed by atoms with Gasteiger partial charge in [0.25, 0.3) is 0 Å². The Bertz CT molecular complexity index is 903. The third-order valence-electron chi connectivity index (χ3n) is 6.09. The van der Waals surface area contributed by atoms with Crippen molar-refractivity contribution in [2.75, 3.05) is 12.4 Å². The summed E-state index contributed by atoms with van der Waals surface area (Å²) in [6.45, 7) is 9.31. The smallest absolute Gasteiger partial charge is 0.247 e. The first kappa shape index (κ1) is 27.0. The lowest BCUT2D eigenvalue weighted by Gasteiger charge is -2.32. The summed E-state index contributed by atoms with van der Waals surface area (Å²) in [5.41, 5.74) is 1.42. The van der Waals surface area contributed by atoms with Crippen LogP contribution in [0.25, 0.3) is 0 Å². The molecule has 1 aliphatic rings. The summed E-state index contributed by atoms with van der Waals surface area (Å²) in [6, 6.07) is 5.38. The molecule has 186 valence electrons. The first-order valence-electron chi connectivity index (χ1n) is 11.8. The van der Waals surface area contributed by atoms with Crippen LogP contribution in [0.5, 0.6) is 0 Å². The molecule has 1 heterocycles. The van der Waals surface area contributed by atoms with Crippen molar-refractivity contribution in [2.45, 2.75) is 77.2 Å². The third kappa shape index (κ3) is 7.15. The van der Waals surface area contributed by atoms with Crippen LogP contribution in [-0.2, 0) is 25.7 Å². The summed E-state index contributed by atoms with van der Waals surface area (Å²) < 4.78 is 0. The molecule has 9 heteroatoms. The van der Waals surface area contributed by atoms with E-state index in [1.807, 2.05) is 19.9 Å². The number of carbonyl (C=O) groups is 4. The summed E-state index contributed by atoms with van der Waals surface area (Å²) in [5.74, 6) is -1.01. The van der Waals surface area contributed by atoms with E-state index in [9.17, 15) is 19.2 Å². The molecular weight excluding hydrogens is 434 g/mol. The van der Waals surface area contributed by atoms with Crippen molar-refractivity contribution in [1.82, 2.24) is 20.9 Å². The topological polar surface area (TPSA) is 120 Å². The molecule has 1 aliphatic heterocycles. The average molecular weight is 472 g/mol. The number of benzene rings is 1. The fourth-order valence-electron chi connectivity index (χ4n) is 4.03. The molecule has 4 amide bonds.